The van der Waals surface area contributed by atoms with Crippen LogP contribution in [0.3, 0.4) is 0 Å². The maximum absolute atomic E-state index is 12.3. The molecule has 6 nitrogen and oxygen atoms in total. The van der Waals surface area contributed by atoms with Gasteiger partial charge in [0.05, 0.1) is 25.5 Å². The summed E-state index contributed by atoms with van der Waals surface area (Å²) in [4.78, 5) is 12.3. The molecular weight excluding hydrogens is 322 g/mol. The van der Waals surface area contributed by atoms with Crippen molar-refractivity contribution in [1.82, 2.24) is 5.32 Å². The molecule has 25 heavy (non-hydrogen) atoms. The fraction of sp³-hybridized carbons (Fsp3) is 0.105. The quantitative estimate of drug-likeness (QED) is 0.590. The number of fused-ring (bicyclic) bond motifs is 1. The van der Waals surface area contributed by atoms with Gasteiger partial charge in [0.1, 0.15) is 17.8 Å². The number of benzene rings is 1. The van der Waals surface area contributed by atoms with E-state index in [0.717, 1.165) is 10.9 Å². The number of nitrogens with one attached hydrogen (secondary N) is 1. The molecule has 4 rings (SSSR count). The Hall–Kier alpha value is -3.41. The van der Waals surface area contributed by atoms with Gasteiger partial charge in [-0.3, -0.25) is 4.79 Å². The first-order valence-electron chi connectivity index (χ1n) is 7.70. The lowest BCUT2D eigenvalue weighted by Crippen LogP contribution is -2.21. The maximum Gasteiger partial charge on any atom is 0.287 e. The monoisotopic (exact) mass is 337 g/mol. The number of carbonyl (C=O) groups is 1. The molecule has 0 aliphatic heterocycles. The first-order valence-corrected chi connectivity index (χ1v) is 7.70. The van der Waals surface area contributed by atoms with E-state index in [9.17, 15) is 4.79 Å². The minimum Gasteiger partial charge on any atom is -0.493 e. The molecule has 0 radical (unpaired) electrons. The minimum absolute atomic E-state index is 0.223. The molecule has 0 aliphatic carbocycles. The Morgan fingerprint density at radius 2 is 2.08 bits per heavy atom. The van der Waals surface area contributed by atoms with Crippen LogP contribution in [0.2, 0.25) is 0 Å². The number of rotatable bonds is 5. The van der Waals surface area contributed by atoms with Crippen LogP contribution in [0.25, 0.3) is 22.3 Å². The van der Waals surface area contributed by atoms with Crippen LogP contribution in [-0.4, -0.2) is 13.0 Å². The molecule has 3 heterocycles. The summed E-state index contributed by atoms with van der Waals surface area (Å²) in [5.74, 6) is 1.82. The number of carbonyl (C=O) groups excluding carboxylic acids is 1. The summed E-state index contributed by atoms with van der Waals surface area (Å²) >= 11 is 0. The number of methoxy groups -OCH3 is 1. The zero-order valence-electron chi connectivity index (χ0n) is 13.4. The molecule has 0 unspecified atom stereocenters. The van der Waals surface area contributed by atoms with Crippen LogP contribution < -0.4 is 10.1 Å². The van der Waals surface area contributed by atoms with Crippen molar-refractivity contribution >= 4 is 16.9 Å². The van der Waals surface area contributed by atoms with Crippen LogP contribution >= 0.6 is 0 Å². The van der Waals surface area contributed by atoms with E-state index in [1.807, 2.05) is 30.3 Å². The standard InChI is InChI=1S/C19H15NO5/c1-22-16-4-2-3-12-9-17(25-18(12)16)19(21)20-10-14-5-6-15(24-14)13-7-8-23-11-13/h2-9,11H,10H2,1H3,(H,20,21). The Balaban J connectivity index is 1.47. The summed E-state index contributed by atoms with van der Waals surface area (Å²) < 4.78 is 21.6. The lowest BCUT2D eigenvalue weighted by molar-refractivity contribution is 0.0922. The van der Waals surface area contributed by atoms with E-state index < -0.39 is 0 Å². The third kappa shape index (κ3) is 2.89. The minimum atomic E-state index is -0.320. The highest BCUT2D eigenvalue weighted by Gasteiger charge is 2.15. The highest BCUT2D eigenvalue weighted by atomic mass is 16.5. The highest BCUT2D eigenvalue weighted by Crippen LogP contribution is 2.28. The van der Waals surface area contributed by atoms with Crippen LogP contribution in [0, 0.1) is 0 Å². The van der Waals surface area contributed by atoms with Crippen molar-refractivity contribution in [2.24, 2.45) is 0 Å². The number of ether oxygens (including phenoxy) is 1. The van der Waals surface area contributed by atoms with E-state index >= 15 is 0 Å². The van der Waals surface area contributed by atoms with Crippen molar-refractivity contribution < 1.29 is 22.8 Å². The van der Waals surface area contributed by atoms with E-state index in [1.165, 1.54) is 0 Å². The molecule has 3 aromatic heterocycles. The Labute approximate surface area is 143 Å². The van der Waals surface area contributed by atoms with Crippen molar-refractivity contribution in [3.05, 3.63) is 66.5 Å². The third-order valence-corrected chi connectivity index (χ3v) is 3.84. The molecule has 0 fully saturated rings. The molecule has 0 saturated carbocycles. The lowest BCUT2D eigenvalue weighted by Gasteiger charge is -2.01. The molecular formula is C19H15NO5. The molecule has 0 bridgehead atoms. The number of hydrogen-bond acceptors (Lipinski definition) is 5. The Morgan fingerprint density at radius 3 is 2.88 bits per heavy atom. The van der Waals surface area contributed by atoms with Gasteiger partial charge in [-0.25, -0.2) is 0 Å². The zero-order chi connectivity index (χ0) is 17.2. The second kappa shape index (κ2) is 6.24. The topological polar surface area (TPSA) is 77.8 Å². The number of para-hydroxylation sites is 1. The van der Waals surface area contributed by atoms with Gasteiger partial charge in [-0.1, -0.05) is 12.1 Å². The van der Waals surface area contributed by atoms with Gasteiger partial charge in [0.15, 0.2) is 17.1 Å². The van der Waals surface area contributed by atoms with Gasteiger partial charge >= 0.3 is 0 Å². The largest absolute Gasteiger partial charge is 0.493 e. The SMILES string of the molecule is COc1cccc2cc(C(=O)NCc3ccc(-c4ccoc4)o3)oc12. The summed E-state index contributed by atoms with van der Waals surface area (Å²) in [6, 6.07) is 12.6. The Kier molecular flexibility index (Phi) is 3.78. The first kappa shape index (κ1) is 15.1. The second-order valence-electron chi connectivity index (χ2n) is 5.45. The van der Waals surface area contributed by atoms with Gasteiger partial charge in [-0.15, -0.1) is 0 Å². The predicted octanol–water partition coefficient (Wildman–Crippen LogP) is 4.22. The third-order valence-electron chi connectivity index (χ3n) is 3.84. The number of hydrogen-bond donors (Lipinski definition) is 1. The average molecular weight is 337 g/mol. The van der Waals surface area contributed by atoms with Crippen LogP contribution in [0.5, 0.6) is 5.75 Å². The fourth-order valence-corrected chi connectivity index (χ4v) is 2.60. The van der Waals surface area contributed by atoms with Crippen molar-refractivity contribution in [2.75, 3.05) is 7.11 Å². The summed E-state index contributed by atoms with van der Waals surface area (Å²) in [7, 11) is 1.56. The fourth-order valence-electron chi connectivity index (χ4n) is 2.60. The second-order valence-corrected chi connectivity index (χ2v) is 5.45. The van der Waals surface area contributed by atoms with Crippen molar-refractivity contribution in [2.45, 2.75) is 6.54 Å². The van der Waals surface area contributed by atoms with Crippen LogP contribution in [0.15, 0.2) is 68.2 Å². The molecule has 6 heteroatoms. The molecule has 1 N–H and O–H groups in total. The Bertz CT molecular complexity index is 1010. The summed E-state index contributed by atoms with van der Waals surface area (Å²) in [5.41, 5.74) is 1.40. The first-order chi connectivity index (χ1) is 12.2. The normalized spacial score (nSPS) is 10.9. The smallest absolute Gasteiger partial charge is 0.287 e. The van der Waals surface area contributed by atoms with Gasteiger partial charge in [-0.2, -0.15) is 0 Å². The molecule has 0 atom stereocenters. The van der Waals surface area contributed by atoms with Crippen LogP contribution in [0.4, 0.5) is 0 Å². The summed E-state index contributed by atoms with van der Waals surface area (Å²) in [5, 5.41) is 3.59. The molecule has 1 aromatic carbocycles. The predicted molar refractivity (Wildman–Crippen MR) is 90.3 cm³/mol. The number of amides is 1. The van der Waals surface area contributed by atoms with Gasteiger partial charge < -0.3 is 23.3 Å². The van der Waals surface area contributed by atoms with E-state index in [2.05, 4.69) is 5.32 Å². The van der Waals surface area contributed by atoms with E-state index in [0.29, 0.717) is 22.9 Å². The zero-order valence-corrected chi connectivity index (χ0v) is 13.4. The van der Waals surface area contributed by atoms with Crippen LogP contribution in [0.1, 0.15) is 16.3 Å². The lowest BCUT2D eigenvalue weighted by atomic mass is 10.2. The van der Waals surface area contributed by atoms with E-state index in [1.54, 1.807) is 31.8 Å². The van der Waals surface area contributed by atoms with E-state index in [4.69, 9.17) is 18.0 Å². The van der Waals surface area contributed by atoms with Crippen molar-refractivity contribution in [3.8, 4) is 17.1 Å². The molecule has 0 spiro atoms. The molecule has 0 saturated heterocycles. The summed E-state index contributed by atoms with van der Waals surface area (Å²) in [6.45, 7) is 0.255. The molecule has 126 valence electrons. The van der Waals surface area contributed by atoms with Gasteiger partial charge in [0.25, 0.3) is 5.91 Å². The van der Waals surface area contributed by atoms with Gasteiger partial charge in [0, 0.05) is 5.39 Å². The average Bonchev–Trinajstić information content (AvgIpc) is 3.38. The number of furan rings is 3. The van der Waals surface area contributed by atoms with Gasteiger partial charge in [0.2, 0.25) is 0 Å². The van der Waals surface area contributed by atoms with Crippen molar-refractivity contribution in [1.29, 1.82) is 0 Å². The van der Waals surface area contributed by atoms with Crippen LogP contribution in [-0.2, 0) is 6.54 Å². The van der Waals surface area contributed by atoms with E-state index in [-0.39, 0.29) is 18.2 Å². The Morgan fingerprint density at radius 1 is 1.16 bits per heavy atom. The summed E-state index contributed by atoms with van der Waals surface area (Å²) in [6.07, 6.45) is 3.18. The van der Waals surface area contributed by atoms with Crippen molar-refractivity contribution in [3.63, 3.8) is 0 Å². The highest BCUT2D eigenvalue weighted by molar-refractivity contribution is 5.97. The molecule has 4 aromatic rings. The molecule has 1 amide bonds. The maximum atomic E-state index is 12.3. The van der Waals surface area contributed by atoms with Gasteiger partial charge in [-0.05, 0) is 30.3 Å². The molecule has 0 aliphatic rings.